The Bertz CT molecular complexity index is 1250. The number of carbonyl (C=O) groups is 1. The number of nitrogens with one attached hydrogen (secondary N) is 1. The van der Waals surface area contributed by atoms with Crippen molar-refractivity contribution in [2.75, 3.05) is 12.4 Å². The molecule has 1 N–H and O–H groups in total. The first-order valence-corrected chi connectivity index (χ1v) is 9.64. The van der Waals surface area contributed by atoms with Crippen LogP contribution in [0.3, 0.4) is 0 Å². The third-order valence-corrected chi connectivity index (χ3v) is 5.39. The first-order chi connectivity index (χ1) is 14.3. The van der Waals surface area contributed by atoms with Gasteiger partial charge in [-0.15, -0.1) is 0 Å². The predicted molar refractivity (Wildman–Crippen MR) is 108 cm³/mol. The zero-order valence-corrected chi connectivity index (χ0v) is 16.8. The highest BCUT2D eigenvalue weighted by Crippen LogP contribution is 2.34. The highest BCUT2D eigenvalue weighted by atomic mass is 35.5. The summed E-state index contributed by atoms with van der Waals surface area (Å²) >= 11 is 7.27. The molecule has 154 valence electrons. The number of rotatable bonds is 4. The quantitative estimate of drug-likeness (QED) is 0.449. The number of para-hydroxylation sites is 2. The van der Waals surface area contributed by atoms with Crippen LogP contribution in [0.15, 0.2) is 48.5 Å². The van der Waals surface area contributed by atoms with E-state index < -0.39 is 17.8 Å². The van der Waals surface area contributed by atoms with Crippen LogP contribution in [0.5, 0.6) is 5.75 Å². The fourth-order valence-corrected chi connectivity index (χ4v) is 3.89. The molecule has 30 heavy (non-hydrogen) atoms. The largest absolute Gasteiger partial charge is 0.494 e. The van der Waals surface area contributed by atoms with Crippen LogP contribution in [0.1, 0.15) is 16.2 Å². The average molecular weight is 453 g/mol. The summed E-state index contributed by atoms with van der Waals surface area (Å²) in [5.41, 5.74) is -0.859. The Morgan fingerprint density at radius 1 is 1.20 bits per heavy atom. The molecule has 11 heteroatoms. The van der Waals surface area contributed by atoms with Gasteiger partial charge in [0.25, 0.3) is 5.91 Å². The minimum atomic E-state index is -4.73. The number of amides is 1. The number of benzene rings is 2. The molecule has 6 nitrogen and oxygen atoms in total. The summed E-state index contributed by atoms with van der Waals surface area (Å²) < 4.78 is 46.6. The lowest BCUT2D eigenvalue weighted by atomic mass is 10.3. The van der Waals surface area contributed by atoms with Crippen LogP contribution in [0.4, 0.5) is 18.3 Å². The van der Waals surface area contributed by atoms with E-state index in [-0.39, 0.29) is 21.5 Å². The van der Waals surface area contributed by atoms with E-state index in [9.17, 15) is 18.0 Å². The van der Waals surface area contributed by atoms with E-state index in [2.05, 4.69) is 15.4 Å². The molecule has 0 unspecified atom stereocenters. The molecule has 2 heterocycles. The summed E-state index contributed by atoms with van der Waals surface area (Å²) in [6.07, 6.45) is -4.73. The van der Waals surface area contributed by atoms with Gasteiger partial charge in [-0.2, -0.15) is 18.3 Å². The van der Waals surface area contributed by atoms with Crippen molar-refractivity contribution in [2.45, 2.75) is 6.18 Å². The van der Waals surface area contributed by atoms with Crippen LogP contribution in [-0.4, -0.2) is 27.8 Å². The van der Waals surface area contributed by atoms with Gasteiger partial charge in [-0.05, 0) is 24.3 Å². The van der Waals surface area contributed by atoms with Crippen LogP contribution < -0.4 is 10.1 Å². The molecule has 0 saturated carbocycles. The van der Waals surface area contributed by atoms with Crippen molar-refractivity contribution < 1.29 is 22.7 Å². The van der Waals surface area contributed by atoms with E-state index in [1.807, 2.05) is 0 Å². The van der Waals surface area contributed by atoms with E-state index >= 15 is 0 Å². The Hall–Kier alpha value is -3.11. The van der Waals surface area contributed by atoms with E-state index in [0.717, 1.165) is 9.38 Å². The van der Waals surface area contributed by atoms with Gasteiger partial charge in [-0.25, -0.2) is 9.67 Å². The van der Waals surface area contributed by atoms with Crippen molar-refractivity contribution in [3.05, 3.63) is 64.9 Å². The molecule has 0 saturated heterocycles. The van der Waals surface area contributed by atoms with Crippen molar-refractivity contribution >= 4 is 44.2 Å². The summed E-state index contributed by atoms with van der Waals surface area (Å²) in [5, 5.41) is 6.44. The number of ether oxygens (including phenoxy) is 1. The Balaban J connectivity index is 1.75. The number of aromatic nitrogens is 3. The van der Waals surface area contributed by atoms with Gasteiger partial charge in [-0.1, -0.05) is 41.1 Å². The number of anilines is 1. The van der Waals surface area contributed by atoms with Crippen molar-refractivity contribution in [3.63, 3.8) is 0 Å². The van der Waals surface area contributed by atoms with Crippen LogP contribution in [-0.2, 0) is 6.18 Å². The number of alkyl halides is 3. The van der Waals surface area contributed by atoms with Gasteiger partial charge in [0, 0.05) is 6.07 Å². The lowest BCUT2D eigenvalue weighted by Gasteiger charge is -2.08. The molecule has 2 aromatic heterocycles. The van der Waals surface area contributed by atoms with E-state index in [1.54, 1.807) is 30.3 Å². The number of nitrogens with zero attached hydrogens (tertiary/aromatic N) is 3. The summed E-state index contributed by atoms with van der Waals surface area (Å²) in [4.78, 5) is 17.2. The highest BCUT2D eigenvalue weighted by molar-refractivity contribution is 7.22. The number of hydrogen-bond donors (Lipinski definition) is 1. The molecule has 1 amide bonds. The van der Waals surface area contributed by atoms with Gasteiger partial charge < -0.3 is 4.74 Å². The maximum absolute atomic E-state index is 13.2. The van der Waals surface area contributed by atoms with Crippen molar-refractivity contribution in [2.24, 2.45) is 0 Å². The molecular weight excluding hydrogens is 441 g/mol. The van der Waals surface area contributed by atoms with Crippen LogP contribution >= 0.6 is 22.9 Å². The smallest absolute Gasteiger partial charge is 0.435 e. The van der Waals surface area contributed by atoms with Gasteiger partial charge in [0.15, 0.2) is 10.8 Å². The molecule has 4 aromatic rings. The molecule has 0 aliphatic heterocycles. The average Bonchev–Trinajstić information content (AvgIpc) is 3.32. The Morgan fingerprint density at radius 2 is 1.97 bits per heavy atom. The Morgan fingerprint density at radius 3 is 2.67 bits per heavy atom. The van der Waals surface area contributed by atoms with Gasteiger partial charge in [0.05, 0.1) is 22.5 Å². The van der Waals surface area contributed by atoms with Gasteiger partial charge >= 0.3 is 6.18 Å². The number of halogens is 4. The second kappa shape index (κ2) is 7.62. The third-order valence-electron chi connectivity index (χ3n) is 4.14. The van der Waals surface area contributed by atoms with Gasteiger partial charge in [-0.3, -0.25) is 10.1 Å². The number of carbonyl (C=O) groups excluding carboxylic acids is 1. The minimum Gasteiger partial charge on any atom is -0.494 e. The van der Waals surface area contributed by atoms with Crippen LogP contribution in [0.2, 0.25) is 5.02 Å². The lowest BCUT2D eigenvalue weighted by Crippen LogP contribution is -2.17. The first-order valence-electron chi connectivity index (χ1n) is 8.45. The normalized spacial score (nSPS) is 11.6. The first kappa shape index (κ1) is 20.2. The van der Waals surface area contributed by atoms with Crippen molar-refractivity contribution in [1.82, 2.24) is 14.8 Å². The van der Waals surface area contributed by atoms with Gasteiger partial charge in [0.1, 0.15) is 17.0 Å². The molecule has 0 atom stereocenters. The maximum Gasteiger partial charge on any atom is 0.435 e. The lowest BCUT2D eigenvalue weighted by molar-refractivity contribution is -0.141. The fourth-order valence-electron chi connectivity index (χ4n) is 2.79. The molecule has 0 aliphatic rings. The number of thiazole rings is 1. The standard InChI is InChI=1S/C19H12ClF3N4O2S/c1-29-13-7-4-8-14-16(13)24-18(30-14)25-17(28)12-9-15(19(21,22)23)26-27(12)11-6-3-2-5-10(11)20/h2-9H,1H3,(H,24,25,28). The second-order valence-corrected chi connectivity index (χ2v) is 7.49. The molecule has 0 bridgehead atoms. The minimum absolute atomic E-state index is 0.144. The number of fused-ring (bicyclic) bond motifs is 1. The summed E-state index contributed by atoms with van der Waals surface area (Å²) in [5.74, 6) is -0.291. The molecule has 2 aromatic carbocycles. The monoisotopic (exact) mass is 452 g/mol. The molecule has 0 radical (unpaired) electrons. The van der Waals surface area contributed by atoms with Crippen LogP contribution in [0, 0.1) is 0 Å². The maximum atomic E-state index is 13.2. The van der Waals surface area contributed by atoms with Crippen molar-refractivity contribution in [3.8, 4) is 11.4 Å². The molecule has 0 spiro atoms. The van der Waals surface area contributed by atoms with Gasteiger partial charge in [0.2, 0.25) is 0 Å². The fraction of sp³-hybridized carbons (Fsp3) is 0.105. The number of hydrogen-bond acceptors (Lipinski definition) is 5. The molecular formula is C19H12ClF3N4O2S. The van der Waals surface area contributed by atoms with Crippen molar-refractivity contribution in [1.29, 1.82) is 0 Å². The van der Waals surface area contributed by atoms with E-state index in [1.165, 1.54) is 30.6 Å². The third kappa shape index (κ3) is 3.71. The van der Waals surface area contributed by atoms with E-state index in [0.29, 0.717) is 17.3 Å². The summed E-state index contributed by atoms with van der Waals surface area (Å²) in [6.45, 7) is 0. The second-order valence-electron chi connectivity index (χ2n) is 6.06. The summed E-state index contributed by atoms with van der Waals surface area (Å²) in [7, 11) is 1.49. The zero-order chi connectivity index (χ0) is 21.5. The predicted octanol–water partition coefficient (Wildman–Crippen LogP) is 5.42. The molecule has 0 fully saturated rings. The Labute approximate surface area is 176 Å². The SMILES string of the molecule is COc1cccc2sc(NC(=O)c3cc(C(F)(F)F)nn3-c3ccccc3Cl)nc12. The molecule has 0 aliphatic carbocycles. The number of methoxy groups -OCH3 is 1. The Kier molecular flexibility index (Phi) is 5.12. The van der Waals surface area contributed by atoms with E-state index in [4.69, 9.17) is 16.3 Å². The summed E-state index contributed by atoms with van der Waals surface area (Å²) in [6, 6.07) is 12.1. The zero-order valence-electron chi connectivity index (χ0n) is 15.2. The molecule has 4 rings (SSSR count). The highest BCUT2D eigenvalue weighted by Gasteiger charge is 2.36. The topological polar surface area (TPSA) is 69.0 Å². The van der Waals surface area contributed by atoms with Crippen LogP contribution in [0.25, 0.3) is 15.9 Å².